The lowest BCUT2D eigenvalue weighted by Crippen LogP contribution is -2.36. The topological polar surface area (TPSA) is 111 Å². The number of primary amides is 1. The Morgan fingerprint density at radius 2 is 1.91 bits per heavy atom. The second kappa shape index (κ2) is 7.04. The molecule has 0 bridgehead atoms. The molecule has 7 heteroatoms. The Morgan fingerprint density at radius 1 is 1.23 bits per heavy atom. The normalized spacial score (nSPS) is 20.4. The van der Waals surface area contributed by atoms with Crippen molar-refractivity contribution in [2.45, 2.75) is 32.0 Å². The molecule has 118 valence electrons. The Kier molecular flexibility index (Phi) is 5.11. The Labute approximate surface area is 128 Å². The van der Waals surface area contributed by atoms with E-state index >= 15 is 0 Å². The van der Waals surface area contributed by atoms with Gasteiger partial charge in [-0.05, 0) is 44.0 Å². The zero-order chi connectivity index (χ0) is 16.1. The largest absolute Gasteiger partial charge is 0.367 e. The Bertz CT molecular complexity index is 571. The highest BCUT2D eigenvalue weighted by molar-refractivity contribution is 5.95. The quantitative estimate of drug-likeness (QED) is 0.706. The second-order valence-electron chi connectivity index (χ2n) is 5.20. The molecule has 1 aromatic carbocycles. The molecular formula is C15H19N3O4. The highest BCUT2D eigenvalue weighted by atomic mass is 16.5. The number of ketones is 1. The number of urea groups is 1. The molecule has 1 heterocycles. The first-order valence-corrected chi connectivity index (χ1v) is 7.06. The Balaban J connectivity index is 1.76. The Hall–Kier alpha value is -2.41. The van der Waals surface area contributed by atoms with E-state index in [1.165, 1.54) is 6.92 Å². The van der Waals surface area contributed by atoms with Gasteiger partial charge in [-0.2, -0.15) is 0 Å². The lowest BCUT2D eigenvalue weighted by Gasteiger charge is -2.13. The van der Waals surface area contributed by atoms with Gasteiger partial charge in [0.25, 0.3) is 0 Å². The highest BCUT2D eigenvalue weighted by Crippen LogP contribution is 2.18. The van der Waals surface area contributed by atoms with Crippen LogP contribution in [-0.4, -0.2) is 36.5 Å². The van der Waals surface area contributed by atoms with Crippen molar-refractivity contribution in [2.75, 3.05) is 11.9 Å². The van der Waals surface area contributed by atoms with Crippen LogP contribution in [0.2, 0.25) is 0 Å². The number of rotatable bonds is 5. The number of nitrogens with two attached hydrogens (primary N) is 1. The molecule has 0 spiro atoms. The van der Waals surface area contributed by atoms with E-state index < -0.39 is 12.0 Å². The molecule has 7 nitrogen and oxygen atoms in total. The molecule has 0 unspecified atom stereocenters. The lowest BCUT2D eigenvalue weighted by molar-refractivity contribution is -0.128. The van der Waals surface area contributed by atoms with Crippen molar-refractivity contribution in [3.8, 4) is 0 Å². The summed E-state index contributed by atoms with van der Waals surface area (Å²) < 4.78 is 5.41. The fourth-order valence-electron chi connectivity index (χ4n) is 2.24. The summed E-state index contributed by atoms with van der Waals surface area (Å²) in [6.45, 7) is 1.79. The lowest BCUT2D eigenvalue weighted by atomic mass is 10.1. The van der Waals surface area contributed by atoms with Gasteiger partial charge in [0, 0.05) is 17.8 Å². The van der Waals surface area contributed by atoms with E-state index in [4.69, 9.17) is 10.5 Å². The summed E-state index contributed by atoms with van der Waals surface area (Å²) >= 11 is 0. The first-order chi connectivity index (χ1) is 10.5. The van der Waals surface area contributed by atoms with Crippen LogP contribution in [0.15, 0.2) is 24.3 Å². The van der Waals surface area contributed by atoms with Gasteiger partial charge < -0.3 is 21.1 Å². The summed E-state index contributed by atoms with van der Waals surface area (Å²) in [5.41, 5.74) is 6.34. The minimum atomic E-state index is -0.561. The van der Waals surface area contributed by atoms with E-state index in [2.05, 4.69) is 10.6 Å². The van der Waals surface area contributed by atoms with Crippen molar-refractivity contribution in [3.05, 3.63) is 29.8 Å². The summed E-state index contributed by atoms with van der Waals surface area (Å²) in [7, 11) is 0. The third-order valence-corrected chi connectivity index (χ3v) is 3.46. The maximum Gasteiger partial charge on any atom is 0.319 e. The fourth-order valence-corrected chi connectivity index (χ4v) is 2.24. The van der Waals surface area contributed by atoms with Gasteiger partial charge in [-0.15, -0.1) is 0 Å². The number of carbonyl (C=O) groups is 3. The number of ether oxygens (including phenoxy) is 1. The first-order valence-electron chi connectivity index (χ1n) is 7.06. The number of amides is 3. The van der Waals surface area contributed by atoms with Crippen molar-refractivity contribution in [1.82, 2.24) is 5.32 Å². The van der Waals surface area contributed by atoms with Crippen molar-refractivity contribution in [1.29, 1.82) is 0 Å². The van der Waals surface area contributed by atoms with Crippen LogP contribution in [0.5, 0.6) is 0 Å². The monoisotopic (exact) mass is 305 g/mol. The van der Waals surface area contributed by atoms with Crippen LogP contribution in [0.4, 0.5) is 10.5 Å². The van der Waals surface area contributed by atoms with E-state index in [1.54, 1.807) is 24.3 Å². The van der Waals surface area contributed by atoms with E-state index in [1.807, 2.05) is 0 Å². The number of anilines is 1. The molecule has 1 aromatic rings. The van der Waals surface area contributed by atoms with E-state index in [9.17, 15) is 14.4 Å². The molecule has 0 aromatic heterocycles. The maximum atomic E-state index is 11.8. The standard InChI is InChI=1S/C15H19N3O4/c1-9(19)10-2-4-11(5-3-10)18-15(21)17-8-12-6-7-13(22-12)14(16)20/h2-5,12-13H,6-8H2,1H3,(H2,16,20)(H2,17,18,21)/t12-,13-/m1/s1. The van der Waals surface area contributed by atoms with Crippen molar-refractivity contribution in [2.24, 2.45) is 5.73 Å². The van der Waals surface area contributed by atoms with Crippen molar-refractivity contribution >= 4 is 23.4 Å². The summed E-state index contributed by atoms with van der Waals surface area (Å²) in [4.78, 5) is 33.9. The minimum Gasteiger partial charge on any atom is -0.367 e. The van der Waals surface area contributed by atoms with Crippen molar-refractivity contribution in [3.63, 3.8) is 0 Å². The number of Topliss-reactive ketones (excluding diaryl/α,β-unsaturated/α-hetero) is 1. The predicted molar refractivity (Wildman–Crippen MR) is 80.6 cm³/mol. The first kappa shape index (κ1) is 16.0. The maximum absolute atomic E-state index is 11.8. The predicted octanol–water partition coefficient (Wildman–Crippen LogP) is 1.04. The molecule has 1 aliphatic rings. The van der Waals surface area contributed by atoms with Crippen LogP contribution in [0, 0.1) is 0 Å². The number of benzene rings is 1. The molecule has 4 N–H and O–H groups in total. The van der Waals surface area contributed by atoms with Gasteiger partial charge in [-0.25, -0.2) is 4.79 Å². The number of carbonyl (C=O) groups excluding carboxylic acids is 3. The average Bonchev–Trinajstić information content (AvgIpc) is 2.95. The molecule has 1 fully saturated rings. The molecule has 0 aliphatic carbocycles. The smallest absolute Gasteiger partial charge is 0.319 e. The molecule has 22 heavy (non-hydrogen) atoms. The number of nitrogens with one attached hydrogen (secondary N) is 2. The summed E-state index contributed by atoms with van der Waals surface area (Å²) in [5, 5.41) is 5.33. The molecule has 0 radical (unpaired) electrons. The molecule has 1 aliphatic heterocycles. The highest BCUT2D eigenvalue weighted by Gasteiger charge is 2.29. The number of hydrogen-bond donors (Lipinski definition) is 3. The van der Waals surface area contributed by atoms with E-state index in [0.717, 1.165) is 0 Å². The third-order valence-electron chi connectivity index (χ3n) is 3.46. The van der Waals surface area contributed by atoms with E-state index in [-0.39, 0.29) is 17.9 Å². The molecular weight excluding hydrogens is 286 g/mol. The third kappa shape index (κ3) is 4.29. The van der Waals surface area contributed by atoms with E-state index in [0.29, 0.717) is 30.6 Å². The van der Waals surface area contributed by atoms with Gasteiger partial charge in [0.1, 0.15) is 6.10 Å². The molecule has 2 atom stereocenters. The summed E-state index contributed by atoms with van der Waals surface area (Å²) in [6.07, 6.45) is 0.495. The zero-order valence-electron chi connectivity index (χ0n) is 12.3. The van der Waals surface area contributed by atoms with Crippen molar-refractivity contribution < 1.29 is 19.1 Å². The van der Waals surface area contributed by atoms with Crippen LogP contribution in [0.25, 0.3) is 0 Å². The second-order valence-corrected chi connectivity index (χ2v) is 5.20. The van der Waals surface area contributed by atoms with Crippen LogP contribution >= 0.6 is 0 Å². The molecule has 3 amide bonds. The summed E-state index contributed by atoms with van der Waals surface area (Å²) in [5.74, 6) is -0.504. The number of hydrogen-bond acceptors (Lipinski definition) is 4. The van der Waals surface area contributed by atoms with Gasteiger partial charge in [-0.3, -0.25) is 9.59 Å². The van der Waals surface area contributed by atoms with Gasteiger partial charge in [0.05, 0.1) is 6.10 Å². The van der Waals surface area contributed by atoms with Crippen LogP contribution in [0.1, 0.15) is 30.1 Å². The molecule has 2 rings (SSSR count). The fraction of sp³-hybridized carbons (Fsp3) is 0.400. The van der Waals surface area contributed by atoms with Gasteiger partial charge >= 0.3 is 6.03 Å². The van der Waals surface area contributed by atoms with Crippen LogP contribution in [-0.2, 0) is 9.53 Å². The van der Waals surface area contributed by atoms with Gasteiger partial charge in [0.15, 0.2) is 5.78 Å². The average molecular weight is 305 g/mol. The van der Waals surface area contributed by atoms with Crippen LogP contribution in [0.3, 0.4) is 0 Å². The molecule has 0 saturated carbocycles. The van der Waals surface area contributed by atoms with Gasteiger partial charge in [0.2, 0.25) is 5.91 Å². The SMILES string of the molecule is CC(=O)c1ccc(NC(=O)NC[C@H]2CC[C@H](C(N)=O)O2)cc1. The molecule has 1 saturated heterocycles. The van der Waals surface area contributed by atoms with Gasteiger partial charge in [-0.1, -0.05) is 0 Å². The van der Waals surface area contributed by atoms with Crippen LogP contribution < -0.4 is 16.4 Å². The summed E-state index contributed by atoms with van der Waals surface area (Å²) in [6, 6.07) is 6.24. The Morgan fingerprint density at radius 3 is 2.45 bits per heavy atom. The zero-order valence-corrected chi connectivity index (χ0v) is 12.3. The minimum absolute atomic E-state index is 0.0293.